The Balaban J connectivity index is 3.16. The number of aldehydes is 1. The van der Waals surface area contributed by atoms with E-state index in [0.29, 0.717) is 18.6 Å². The Morgan fingerprint density at radius 3 is 2.53 bits per heavy atom. The van der Waals surface area contributed by atoms with Crippen molar-refractivity contribution in [3.63, 3.8) is 0 Å². The van der Waals surface area contributed by atoms with Gasteiger partial charge in [0.1, 0.15) is 6.29 Å². The number of alkyl halides is 4. The summed E-state index contributed by atoms with van der Waals surface area (Å²) in [6.07, 6.45) is -3.74. The second-order valence-corrected chi connectivity index (χ2v) is 3.58. The lowest BCUT2D eigenvalue weighted by Crippen LogP contribution is -2.06. The minimum absolute atomic E-state index is 0.0463. The Hall–Kier alpha value is -1.47. The number of hydrogen-bond acceptors (Lipinski definition) is 1. The maximum atomic E-state index is 12.5. The summed E-state index contributed by atoms with van der Waals surface area (Å²) in [6.45, 7) is 0. The first-order valence-corrected chi connectivity index (χ1v) is 5.23. The average Bonchev–Trinajstić information content (AvgIpc) is 2.28. The van der Waals surface area contributed by atoms with Crippen molar-refractivity contribution < 1.29 is 18.0 Å². The summed E-state index contributed by atoms with van der Waals surface area (Å²) < 4.78 is 37.5. The maximum absolute atomic E-state index is 12.5. The van der Waals surface area contributed by atoms with Crippen LogP contribution < -0.4 is 0 Å². The van der Waals surface area contributed by atoms with Crippen LogP contribution in [0.3, 0.4) is 0 Å². The molecule has 0 aromatic heterocycles. The van der Waals surface area contributed by atoms with Gasteiger partial charge in [-0.2, -0.15) is 13.2 Å². The topological polar surface area (TPSA) is 17.1 Å². The predicted molar refractivity (Wildman–Crippen MR) is 59.0 cm³/mol. The largest absolute Gasteiger partial charge is 0.416 e. The second-order valence-electron chi connectivity index (χ2n) is 3.20. The van der Waals surface area contributed by atoms with Crippen LogP contribution in [0.5, 0.6) is 0 Å². The van der Waals surface area contributed by atoms with E-state index in [1.54, 1.807) is 0 Å². The van der Waals surface area contributed by atoms with Gasteiger partial charge < -0.3 is 0 Å². The van der Waals surface area contributed by atoms with Crippen molar-refractivity contribution in [3.05, 3.63) is 34.9 Å². The molecule has 0 N–H and O–H groups in total. The molecule has 0 aliphatic rings. The molecule has 1 aromatic carbocycles. The van der Waals surface area contributed by atoms with Gasteiger partial charge in [0.15, 0.2) is 0 Å². The third kappa shape index (κ3) is 4.12. The highest BCUT2D eigenvalue weighted by Gasteiger charge is 2.31. The van der Waals surface area contributed by atoms with Gasteiger partial charge in [0.05, 0.1) is 5.56 Å². The van der Waals surface area contributed by atoms with E-state index in [-0.39, 0.29) is 11.1 Å². The molecule has 90 valence electrons. The molecule has 0 amide bonds. The second kappa shape index (κ2) is 5.74. The summed E-state index contributed by atoms with van der Waals surface area (Å²) in [6, 6.07) is 3.01. The van der Waals surface area contributed by atoms with Crippen LogP contribution in [0.2, 0.25) is 0 Å². The van der Waals surface area contributed by atoms with Crippen LogP contribution in [0.4, 0.5) is 13.2 Å². The van der Waals surface area contributed by atoms with Crippen molar-refractivity contribution in [2.45, 2.75) is 12.6 Å². The van der Waals surface area contributed by atoms with Gasteiger partial charge in [0.2, 0.25) is 0 Å². The molecule has 0 heterocycles. The van der Waals surface area contributed by atoms with Crippen molar-refractivity contribution in [3.8, 4) is 11.8 Å². The highest BCUT2D eigenvalue weighted by molar-refractivity contribution is 6.18. The van der Waals surface area contributed by atoms with Crippen LogP contribution >= 0.6 is 11.6 Å². The first-order valence-electron chi connectivity index (χ1n) is 4.69. The fourth-order valence-electron chi connectivity index (χ4n) is 1.17. The molecule has 0 saturated carbocycles. The minimum atomic E-state index is -4.48. The van der Waals surface area contributed by atoms with Crippen molar-refractivity contribution in [2.24, 2.45) is 0 Å². The van der Waals surface area contributed by atoms with E-state index in [0.717, 1.165) is 12.1 Å². The lowest BCUT2D eigenvalue weighted by atomic mass is 10.1. The standard InChI is InChI=1S/C12H8ClF3O/c13-4-2-1-3-9-5-10(8-17)7-11(6-9)12(14,15)16/h5-8H,2,4H2. The Morgan fingerprint density at radius 1 is 1.29 bits per heavy atom. The molecule has 0 aliphatic heterocycles. The lowest BCUT2D eigenvalue weighted by molar-refractivity contribution is -0.137. The van der Waals surface area contributed by atoms with Gasteiger partial charge in [-0.3, -0.25) is 4.79 Å². The lowest BCUT2D eigenvalue weighted by Gasteiger charge is -2.07. The Morgan fingerprint density at radius 2 is 2.00 bits per heavy atom. The van der Waals surface area contributed by atoms with Crippen LogP contribution in [0, 0.1) is 11.8 Å². The van der Waals surface area contributed by atoms with Crippen molar-refractivity contribution in [2.75, 3.05) is 5.88 Å². The van der Waals surface area contributed by atoms with Gasteiger partial charge in [0, 0.05) is 23.4 Å². The van der Waals surface area contributed by atoms with Gasteiger partial charge in [-0.15, -0.1) is 11.6 Å². The number of hydrogen-bond donors (Lipinski definition) is 0. The molecule has 0 spiro atoms. The molecule has 0 unspecified atom stereocenters. The van der Waals surface area contributed by atoms with Crippen LogP contribution in [0.25, 0.3) is 0 Å². The third-order valence-corrected chi connectivity index (χ3v) is 2.06. The molecule has 1 rings (SSSR count). The van der Waals surface area contributed by atoms with Crippen LogP contribution in [0.1, 0.15) is 27.9 Å². The minimum Gasteiger partial charge on any atom is -0.298 e. The zero-order chi connectivity index (χ0) is 12.9. The molecule has 0 radical (unpaired) electrons. The number of carbonyl (C=O) groups excluding carboxylic acids is 1. The molecule has 1 aromatic rings. The van der Waals surface area contributed by atoms with E-state index in [4.69, 9.17) is 11.6 Å². The highest BCUT2D eigenvalue weighted by Crippen LogP contribution is 2.30. The molecule has 0 saturated heterocycles. The predicted octanol–water partition coefficient (Wildman–Crippen LogP) is 3.50. The molecular formula is C12H8ClF3O. The fourth-order valence-corrected chi connectivity index (χ4v) is 1.26. The summed E-state index contributed by atoms with van der Waals surface area (Å²) in [7, 11) is 0. The fraction of sp³-hybridized carbons (Fsp3) is 0.250. The maximum Gasteiger partial charge on any atom is 0.416 e. The zero-order valence-electron chi connectivity index (χ0n) is 8.64. The molecule has 0 aliphatic carbocycles. The van der Waals surface area contributed by atoms with Crippen LogP contribution in [-0.4, -0.2) is 12.2 Å². The number of halogens is 4. The summed E-state index contributed by atoms with van der Waals surface area (Å²) in [4.78, 5) is 10.5. The molecule has 5 heteroatoms. The summed E-state index contributed by atoms with van der Waals surface area (Å²) >= 11 is 5.39. The smallest absolute Gasteiger partial charge is 0.298 e. The highest BCUT2D eigenvalue weighted by atomic mass is 35.5. The number of benzene rings is 1. The third-order valence-electron chi connectivity index (χ3n) is 1.87. The number of rotatable bonds is 2. The van der Waals surface area contributed by atoms with Crippen LogP contribution in [-0.2, 0) is 6.18 Å². The van der Waals surface area contributed by atoms with E-state index >= 15 is 0 Å². The van der Waals surface area contributed by atoms with Gasteiger partial charge >= 0.3 is 6.18 Å². The Labute approximate surface area is 102 Å². The zero-order valence-corrected chi connectivity index (χ0v) is 9.40. The van der Waals surface area contributed by atoms with E-state index < -0.39 is 11.7 Å². The molecule has 0 atom stereocenters. The molecule has 17 heavy (non-hydrogen) atoms. The van der Waals surface area contributed by atoms with Crippen molar-refractivity contribution >= 4 is 17.9 Å². The number of carbonyl (C=O) groups is 1. The summed E-state index contributed by atoms with van der Waals surface area (Å²) in [5.41, 5.74) is -0.765. The van der Waals surface area contributed by atoms with Gasteiger partial charge in [-0.05, 0) is 18.2 Å². The van der Waals surface area contributed by atoms with E-state index in [1.807, 2.05) is 0 Å². The first kappa shape index (κ1) is 13.6. The van der Waals surface area contributed by atoms with Crippen LogP contribution in [0.15, 0.2) is 18.2 Å². The molecule has 0 bridgehead atoms. The van der Waals surface area contributed by atoms with E-state index in [1.165, 1.54) is 6.07 Å². The Bertz CT molecular complexity index is 469. The molecular weight excluding hydrogens is 253 g/mol. The van der Waals surface area contributed by atoms with Crippen molar-refractivity contribution in [1.29, 1.82) is 0 Å². The van der Waals surface area contributed by atoms with E-state index in [9.17, 15) is 18.0 Å². The first-order chi connectivity index (χ1) is 7.97. The van der Waals surface area contributed by atoms with Gasteiger partial charge in [-0.25, -0.2) is 0 Å². The summed E-state index contributed by atoms with van der Waals surface area (Å²) in [5, 5.41) is 0. The van der Waals surface area contributed by atoms with Crippen molar-refractivity contribution in [1.82, 2.24) is 0 Å². The quantitative estimate of drug-likeness (QED) is 0.452. The SMILES string of the molecule is O=Cc1cc(C#CCCCl)cc(C(F)(F)F)c1. The van der Waals surface area contributed by atoms with E-state index in [2.05, 4.69) is 11.8 Å². The molecule has 1 nitrogen and oxygen atoms in total. The average molecular weight is 261 g/mol. The van der Waals surface area contributed by atoms with Gasteiger partial charge in [0.25, 0.3) is 0 Å². The van der Waals surface area contributed by atoms with Gasteiger partial charge in [-0.1, -0.05) is 11.8 Å². The normalized spacial score (nSPS) is 10.6. The molecule has 0 fully saturated rings. The summed E-state index contributed by atoms with van der Waals surface area (Å²) in [5.74, 6) is 5.47. The Kier molecular flexibility index (Phi) is 4.59. The monoisotopic (exact) mass is 260 g/mol.